The van der Waals surface area contributed by atoms with Gasteiger partial charge in [0.15, 0.2) is 11.9 Å². The minimum atomic E-state index is -0.300. The summed E-state index contributed by atoms with van der Waals surface area (Å²) in [4.78, 5) is 4.68. The lowest BCUT2D eigenvalue weighted by molar-refractivity contribution is 0.0559. The van der Waals surface area contributed by atoms with Crippen molar-refractivity contribution in [2.75, 3.05) is 6.79 Å². The van der Waals surface area contributed by atoms with Crippen LogP contribution in [0.5, 0.6) is 5.75 Å². The summed E-state index contributed by atoms with van der Waals surface area (Å²) >= 11 is 0. The molecule has 1 unspecified atom stereocenters. The molecule has 2 aromatic heterocycles. The minimum Gasteiger partial charge on any atom is -0.480 e. The van der Waals surface area contributed by atoms with Gasteiger partial charge < -0.3 is 18.8 Å². The van der Waals surface area contributed by atoms with Gasteiger partial charge in [0.1, 0.15) is 17.5 Å². The first kappa shape index (κ1) is 22.7. The third-order valence-corrected chi connectivity index (χ3v) is 5.99. The van der Waals surface area contributed by atoms with Crippen LogP contribution in [0, 0.1) is 13.8 Å². The summed E-state index contributed by atoms with van der Waals surface area (Å²) in [6.45, 7) is 5.23. The molecule has 170 valence electrons. The molecule has 6 heteroatoms. The van der Waals surface area contributed by atoms with Gasteiger partial charge in [0, 0.05) is 30.9 Å². The van der Waals surface area contributed by atoms with E-state index in [1.165, 1.54) is 22.4 Å². The molecule has 5 rings (SSSR count). The molecular weight excluding hydrogens is 436 g/mol. The van der Waals surface area contributed by atoms with Crippen LogP contribution in [0.15, 0.2) is 84.9 Å². The van der Waals surface area contributed by atoms with Crippen molar-refractivity contribution in [2.24, 2.45) is 0 Å². The Morgan fingerprint density at radius 3 is 2.33 bits per heavy atom. The zero-order chi connectivity index (χ0) is 21.9. The van der Waals surface area contributed by atoms with Gasteiger partial charge >= 0.3 is 0 Å². The van der Waals surface area contributed by atoms with Gasteiger partial charge in [0.2, 0.25) is 6.79 Å². The molecule has 1 aliphatic heterocycles. The number of nitrogens with zero attached hydrogens (tertiary/aromatic N) is 2. The van der Waals surface area contributed by atoms with Crippen LogP contribution in [-0.4, -0.2) is 22.4 Å². The Hall–Kier alpha value is -3.44. The van der Waals surface area contributed by atoms with E-state index >= 15 is 0 Å². The van der Waals surface area contributed by atoms with Crippen molar-refractivity contribution in [3.05, 3.63) is 107 Å². The fourth-order valence-electron chi connectivity index (χ4n) is 4.17. The van der Waals surface area contributed by atoms with Gasteiger partial charge in [-0.15, -0.1) is 12.4 Å². The number of pyridine rings is 1. The standard InChI is InChI=1S/C27H26N2O3.ClH/c1-19-20(2)29(16-22-11-7-4-8-12-22)27-23(13-14-28-26(19)27)32-24(25-17-30-18-31-25)15-21-9-5-3-6-10-21;/h3-14,17,24H,15-16,18H2,1-2H3;1H. The van der Waals surface area contributed by atoms with Crippen molar-refractivity contribution < 1.29 is 14.2 Å². The Morgan fingerprint density at radius 1 is 0.970 bits per heavy atom. The molecule has 0 aliphatic carbocycles. The smallest absolute Gasteiger partial charge is 0.230 e. The molecular formula is C27H27ClN2O3. The van der Waals surface area contributed by atoms with Crippen LogP contribution in [-0.2, 0) is 22.4 Å². The predicted molar refractivity (Wildman–Crippen MR) is 132 cm³/mol. The summed E-state index contributed by atoms with van der Waals surface area (Å²) in [6, 6.07) is 22.7. The van der Waals surface area contributed by atoms with Gasteiger partial charge in [-0.05, 0) is 30.5 Å². The van der Waals surface area contributed by atoms with E-state index in [0.717, 1.165) is 23.3 Å². The second-order valence-electron chi connectivity index (χ2n) is 8.03. The normalized spacial score (nSPS) is 13.6. The summed E-state index contributed by atoms with van der Waals surface area (Å²) in [5, 5.41) is 0. The summed E-state index contributed by atoms with van der Waals surface area (Å²) in [7, 11) is 0. The van der Waals surface area contributed by atoms with Gasteiger partial charge in [0.25, 0.3) is 0 Å². The number of benzene rings is 2. The van der Waals surface area contributed by atoms with Gasteiger partial charge in [0.05, 0.1) is 5.52 Å². The van der Waals surface area contributed by atoms with Crippen molar-refractivity contribution >= 4 is 23.4 Å². The lowest BCUT2D eigenvalue weighted by Crippen LogP contribution is -2.23. The predicted octanol–water partition coefficient (Wildman–Crippen LogP) is 5.96. The lowest BCUT2D eigenvalue weighted by Gasteiger charge is -2.20. The Bertz CT molecular complexity index is 1250. The summed E-state index contributed by atoms with van der Waals surface area (Å²) in [5.41, 5.74) is 6.73. The Morgan fingerprint density at radius 2 is 1.67 bits per heavy atom. The molecule has 0 N–H and O–H groups in total. The highest BCUT2D eigenvalue weighted by atomic mass is 35.5. The van der Waals surface area contributed by atoms with Crippen molar-refractivity contribution in [2.45, 2.75) is 32.9 Å². The Balaban J connectivity index is 0.00000259. The van der Waals surface area contributed by atoms with Crippen LogP contribution in [0.1, 0.15) is 22.4 Å². The maximum atomic E-state index is 6.63. The maximum absolute atomic E-state index is 6.63. The highest BCUT2D eigenvalue weighted by Gasteiger charge is 2.25. The first-order valence-corrected chi connectivity index (χ1v) is 10.8. The van der Waals surface area contributed by atoms with E-state index in [1.54, 1.807) is 6.26 Å². The number of ether oxygens (including phenoxy) is 3. The molecule has 4 aromatic rings. The highest BCUT2D eigenvalue weighted by Crippen LogP contribution is 2.33. The van der Waals surface area contributed by atoms with E-state index in [-0.39, 0.29) is 25.3 Å². The van der Waals surface area contributed by atoms with E-state index in [2.05, 4.69) is 59.8 Å². The van der Waals surface area contributed by atoms with E-state index in [4.69, 9.17) is 14.2 Å². The quantitative estimate of drug-likeness (QED) is 0.340. The van der Waals surface area contributed by atoms with E-state index in [1.807, 2.05) is 36.5 Å². The maximum Gasteiger partial charge on any atom is 0.230 e. The van der Waals surface area contributed by atoms with Crippen molar-refractivity contribution in [1.29, 1.82) is 0 Å². The molecule has 5 nitrogen and oxygen atoms in total. The van der Waals surface area contributed by atoms with Crippen molar-refractivity contribution in [3.63, 3.8) is 0 Å². The summed E-state index contributed by atoms with van der Waals surface area (Å²) in [6.07, 6.45) is 3.85. The number of aryl methyl sites for hydroxylation is 1. The molecule has 0 amide bonds. The van der Waals surface area contributed by atoms with Crippen LogP contribution < -0.4 is 4.74 Å². The molecule has 0 saturated heterocycles. The van der Waals surface area contributed by atoms with Crippen molar-refractivity contribution in [3.8, 4) is 5.75 Å². The average Bonchev–Trinajstić information content (AvgIpc) is 3.45. The number of aromatic nitrogens is 2. The van der Waals surface area contributed by atoms with Crippen LogP contribution >= 0.6 is 12.4 Å². The molecule has 1 aliphatic rings. The first-order valence-electron chi connectivity index (χ1n) is 10.8. The summed E-state index contributed by atoms with van der Waals surface area (Å²) < 4.78 is 20.0. The number of fused-ring (bicyclic) bond motifs is 1. The SMILES string of the molecule is Cc1c(C)n(Cc2ccccc2)c2c(OC(Cc3ccccc3)C3=COCO3)ccnc12.Cl. The van der Waals surface area contributed by atoms with Crippen molar-refractivity contribution in [1.82, 2.24) is 9.55 Å². The minimum absolute atomic E-state index is 0. The number of rotatable bonds is 7. The van der Waals surface area contributed by atoms with E-state index < -0.39 is 0 Å². The molecule has 3 heterocycles. The average molecular weight is 463 g/mol. The molecule has 1 atom stereocenters. The number of halogens is 1. The van der Waals surface area contributed by atoms with Crippen LogP contribution in [0.4, 0.5) is 0 Å². The number of hydrogen-bond donors (Lipinski definition) is 0. The molecule has 0 bridgehead atoms. The molecule has 0 saturated carbocycles. The van der Waals surface area contributed by atoms with Gasteiger partial charge in [-0.2, -0.15) is 0 Å². The molecule has 2 aromatic carbocycles. The van der Waals surface area contributed by atoms with E-state index in [0.29, 0.717) is 12.2 Å². The molecule has 33 heavy (non-hydrogen) atoms. The van der Waals surface area contributed by atoms with Crippen LogP contribution in [0.3, 0.4) is 0 Å². The largest absolute Gasteiger partial charge is 0.480 e. The highest BCUT2D eigenvalue weighted by molar-refractivity contribution is 5.86. The molecule has 0 radical (unpaired) electrons. The fourth-order valence-corrected chi connectivity index (χ4v) is 4.17. The second kappa shape index (κ2) is 10.0. The third kappa shape index (κ3) is 4.69. The van der Waals surface area contributed by atoms with Gasteiger partial charge in [-0.3, -0.25) is 4.98 Å². The Labute approximate surface area is 200 Å². The third-order valence-electron chi connectivity index (χ3n) is 5.99. The lowest BCUT2D eigenvalue weighted by atomic mass is 10.1. The number of hydrogen-bond acceptors (Lipinski definition) is 4. The van der Waals surface area contributed by atoms with E-state index in [9.17, 15) is 0 Å². The van der Waals surface area contributed by atoms with Crippen LogP contribution in [0.25, 0.3) is 11.0 Å². The second-order valence-corrected chi connectivity index (χ2v) is 8.03. The molecule has 0 spiro atoms. The first-order chi connectivity index (χ1) is 15.7. The zero-order valence-corrected chi connectivity index (χ0v) is 19.5. The Kier molecular flexibility index (Phi) is 6.90. The molecule has 0 fully saturated rings. The van der Waals surface area contributed by atoms with Gasteiger partial charge in [-0.25, -0.2) is 0 Å². The van der Waals surface area contributed by atoms with Gasteiger partial charge in [-0.1, -0.05) is 60.7 Å². The monoisotopic (exact) mass is 462 g/mol. The zero-order valence-electron chi connectivity index (χ0n) is 18.7. The van der Waals surface area contributed by atoms with Crippen LogP contribution in [0.2, 0.25) is 0 Å². The fraction of sp³-hybridized carbons (Fsp3) is 0.222. The topological polar surface area (TPSA) is 45.5 Å². The summed E-state index contributed by atoms with van der Waals surface area (Å²) in [5.74, 6) is 1.49.